The normalized spacial score (nSPS) is 28.7. The summed E-state index contributed by atoms with van der Waals surface area (Å²) in [6, 6.07) is 3.58. The zero-order valence-electron chi connectivity index (χ0n) is 17.1. The Bertz CT molecular complexity index is 1150. The van der Waals surface area contributed by atoms with E-state index in [-0.39, 0.29) is 16.9 Å². The Kier molecular flexibility index (Phi) is 5.05. The number of hydrogen-bond donors (Lipinski definition) is 1. The van der Waals surface area contributed by atoms with E-state index in [0.29, 0.717) is 35.6 Å². The Morgan fingerprint density at radius 1 is 1.50 bits per heavy atom. The minimum Gasteiger partial charge on any atom is -0.466 e. The van der Waals surface area contributed by atoms with Crippen molar-refractivity contribution in [2.75, 3.05) is 20.3 Å². The number of rotatable bonds is 3. The highest BCUT2D eigenvalue weighted by molar-refractivity contribution is 8.03. The summed E-state index contributed by atoms with van der Waals surface area (Å²) in [5, 5.41) is 4.65. The second-order valence-electron chi connectivity index (χ2n) is 8.05. The highest BCUT2D eigenvalue weighted by atomic mass is 35.5. The van der Waals surface area contributed by atoms with Crippen molar-refractivity contribution in [3.63, 3.8) is 0 Å². The minimum atomic E-state index is -0.794. The number of cyclic esters (lactones) is 1. The number of carbonyl (C=O) groups is 2. The van der Waals surface area contributed by atoms with Crippen molar-refractivity contribution in [3.05, 3.63) is 69.5 Å². The van der Waals surface area contributed by atoms with Gasteiger partial charge in [0.05, 0.1) is 29.5 Å². The average Bonchev–Trinajstić information content (AvgIpc) is 3.46. The lowest BCUT2D eigenvalue weighted by atomic mass is 9.92. The van der Waals surface area contributed by atoms with Crippen LogP contribution in [0, 0.1) is 5.82 Å². The Balaban J connectivity index is 1.68. The molecule has 4 aliphatic rings. The van der Waals surface area contributed by atoms with Gasteiger partial charge in [-0.3, -0.25) is 4.99 Å². The number of alkyl carbamates (subject to hydrolysis) is 1. The van der Waals surface area contributed by atoms with Gasteiger partial charge in [-0.1, -0.05) is 30.3 Å². The first kappa shape index (κ1) is 21.1. The number of thioether (sulfide) groups is 1. The first-order chi connectivity index (χ1) is 15.3. The number of nitrogens with one attached hydrogen (secondary N) is 1. The fourth-order valence-electron chi connectivity index (χ4n) is 4.51. The summed E-state index contributed by atoms with van der Waals surface area (Å²) in [6.07, 6.45) is 1.77. The van der Waals surface area contributed by atoms with Gasteiger partial charge in [-0.05, 0) is 28.7 Å². The van der Waals surface area contributed by atoms with Crippen molar-refractivity contribution in [3.8, 4) is 0 Å². The van der Waals surface area contributed by atoms with Crippen LogP contribution in [0.1, 0.15) is 18.0 Å². The molecule has 166 valence electrons. The van der Waals surface area contributed by atoms with Gasteiger partial charge in [-0.25, -0.2) is 14.0 Å². The summed E-state index contributed by atoms with van der Waals surface area (Å²) >= 11 is 7.43. The molecule has 0 radical (unpaired) electrons. The SMILES string of the molecule is C=C1C=CSC1C1=N[C@H](c2ccc(Cl)c(F)c2)C(C(=O)OC)=C2C[C@@]3(COC(=O)N3)CN12. The number of allylic oxidation sites excluding steroid dienone is 1. The quantitative estimate of drug-likeness (QED) is 0.671. The summed E-state index contributed by atoms with van der Waals surface area (Å²) in [6.45, 7) is 4.68. The van der Waals surface area contributed by atoms with Gasteiger partial charge in [0.15, 0.2) is 0 Å². The first-order valence-electron chi connectivity index (χ1n) is 9.89. The van der Waals surface area contributed by atoms with Crippen molar-refractivity contribution >= 4 is 41.3 Å². The molecule has 10 heteroatoms. The standard InChI is InChI=1S/C22H19ClFN3O4S/c1-11-5-6-32-18(11)19-25-17(12-3-4-13(23)14(24)7-12)16(20(28)30-2)15-8-22(9-27(15)19)10-31-21(29)26-22/h3-7,17-18H,1,8-10H2,2H3,(H,26,29)/t17-,18?,22+/m1/s1. The number of ether oxygens (including phenoxy) is 2. The molecule has 0 aromatic heterocycles. The molecule has 0 saturated carbocycles. The summed E-state index contributed by atoms with van der Waals surface area (Å²) in [5.74, 6) is -0.476. The summed E-state index contributed by atoms with van der Waals surface area (Å²) < 4.78 is 24.6. The van der Waals surface area contributed by atoms with Crippen LogP contribution in [-0.4, -0.2) is 53.8 Å². The van der Waals surface area contributed by atoms with Crippen LogP contribution in [-0.2, 0) is 14.3 Å². The largest absolute Gasteiger partial charge is 0.466 e. The van der Waals surface area contributed by atoms with E-state index in [2.05, 4.69) is 11.9 Å². The highest BCUT2D eigenvalue weighted by Crippen LogP contribution is 2.46. The Morgan fingerprint density at radius 2 is 2.31 bits per heavy atom. The molecular weight excluding hydrogens is 457 g/mol. The Labute approximate surface area is 193 Å². The second-order valence-corrected chi connectivity index (χ2v) is 9.48. The molecule has 4 heterocycles. The van der Waals surface area contributed by atoms with Crippen LogP contribution >= 0.6 is 23.4 Å². The number of halogens is 2. The molecule has 0 bridgehead atoms. The van der Waals surface area contributed by atoms with Gasteiger partial charge in [0, 0.05) is 12.1 Å². The molecule has 1 N–H and O–H groups in total. The summed E-state index contributed by atoms with van der Waals surface area (Å²) in [5.41, 5.74) is 1.63. The summed E-state index contributed by atoms with van der Waals surface area (Å²) in [4.78, 5) is 31.7. The zero-order valence-corrected chi connectivity index (χ0v) is 18.6. The van der Waals surface area contributed by atoms with Gasteiger partial charge in [0.25, 0.3) is 0 Å². The van der Waals surface area contributed by atoms with Crippen LogP contribution in [0.2, 0.25) is 5.02 Å². The van der Waals surface area contributed by atoms with E-state index in [1.807, 2.05) is 16.4 Å². The first-order valence-corrected chi connectivity index (χ1v) is 11.2. The predicted molar refractivity (Wildman–Crippen MR) is 119 cm³/mol. The molecule has 7 nitrogen and oxygen atoms in total. The average molecular weight is 476 g/mol. The molecule has 32 heavy (non-hydrogen) atoms. The number of carbonyl (C=O) groups excluding carboxylic acids is 2. The Hall–Kier alpha value is -2.78. The highest BCUT2D eigenvalue weighted by Gasteiger charge is 2.53. The molecular formula is C22H19ClFN3O4S. The lowest BCUT2D eigenvalue weighted by Crippen LogP contribution is -2.48. The molecule has 1 aromatic carbocycles. The number of amides is 1. The van der Waals surface area contributed by atoms with Gasteiger partial charge in [-0.15, -0.1) is 11.8 Å². The fraction of sp³-hybridized carbons (Fsp3) is 0.318. The molecule has 1 amide bonds. The van der Waals surface area contributed by atoms with E-state index in [1.165, 1.54) is 19.2 Å². The van der Waals surface area contributed by atoms with Gasteiger partial charge >= 0.3 is 12.1 Å². The summed E-state index contributed by atoms with van der Waals surface area (Å²) in [7, 11) is 1.29. The molecule has 2 saturated heterocycles. The van der Waals surface area contributed by atoms with E-state index in [1.54, 1.807) is 17.8 Å². The van der Waals surface area contributed by atoms with E-state index in [9.17, 15) is 14.0 Å². The van der Waals surface area contributed by atoms with Crippen LogP contribution < -0.4 is 5.32 Å². The van der Waals surface area contributed by atoms with Crippen LogP contribution in [0.15, 0.2) is 58.1 Å². The van der Waals surface area contributed by atoms with Crippen molar-refractivity contribution in [2.45, 2.75) is 23.3 Å². The number of hydrogen-bond acceptors (Lipinski definition) is 7. The van der Waals surface area contributed by atoms with Crippen LogP contribution in [0.3, 0.4) is 0 Å². The van der Waals surface area contributed by atoms with Crippen LogP contribution in [0.5, 0.6) is 0 Å². The number of nitrogens with zero attached hydrogens (tertiary/aromatic N) is 2. The number of esters is 1. The van der Waals surface area contributed by atoms with Gasteiger partial charge < -0.3 is 19.7 Å². The topological polar surface area (TPSA) is 80.2 Å². The second kappa shape index (κ2) is 7.67. The van der Waals surface area contributed by atoms with Crippen molar-refractivity contribution in [2.24, 2.45) is 4.99 Å². The molecule has 1 unspecified atom stereocenters. The molecule has 3 atom stereocenters. The molecule has 5 rings (SSSR count). The number of benzene rings is 1. The Morgan fingerprint density at radius 3 is 2.94 bits per heavy atom. The zero-order chi connectivity index (χ0) is 22.6. The van der Waals surface area contributed by atoms with E-state index < -0.39 is 29.5 Å². The van der Waals surface area contributed by atoms with Gasteiger partial charge in [0.1, 0.15) is 29.8 Å². The molecule has 0 aliphatic carbocycles. The smallest absolute Gasteiger partial charge is 0.407 e. The maximum atomic E-state index is 14.3. The molecule has 2 fully saturated rings. The van der Waals surface area contributed by atoms with Gasteiger partial charge in [-0.2, -0.15) is 0 Å². The van der Waals surface area contributed by atoms with Crippen LogP contribution in [0.25, 0.3) is 0 Å². The molecule has 4 aliphatic heterocycles. The lowest BCUT2D eigenvalue weighted by Gasteiger charge is -2.34. The minimum absolute atomic E-state index is 0.0165. The number of methoxy groups -OCH3 is 1. The van der Waals surface area contributed by atoms with E-state index in [0.717, 1.165) is 5.57 Å². The molecule has 1 spiro atoms. The predicted octanol–water partition coefficient (Wildman–Crippen LogP) is 3.73. The number of fused-ring (bicyclic) bond motifs is 1. The van der Waals surface area contributed by atoms with E-state index in [4.69, 9.17) is 26.1 Å². The van der Waals surface area contributed by atoms with Gasteiger partial charge in [0.2, 0.25) is 0 Å². The van der Waals surface area contributed by atoms with E-state index >= 15 is 0 Å². The van der Waals surface area contributed by atoms with Crippen molar-refractivity contribution in [1.82, 2.24) is 10.2 Å². The maximum absolute atomic E-state index is 14.3. The lowest BCUT2D eigenvalue weighted by molar-refractivity contribution is -0.136. The number of amidine groups is 1. The third kappa shape index (κ3) is 3.31. The fourth-order valence-corrected chi connectivity index (χ4v) is 5.60. The van der Waals surface area contributed by atoms with Crippen molar-refractivity contribution in [1.29, 1.82) is 0 Å². The monoisotopic (exact) mass is 475 g/mol. The third-order valence-electron chi connectivity index (χ3n) is 5.99. The third-order valence-corrected chi connectivity index (χ3v) is 7.38. The molecule has 1 aromatic rings. The number of aliphatic imine (C=N–C) groups is 1. The van der Waals surface area contributed by atoms with Crippen molar-refractivity contribution < 1.29 is 23.5 Å². The van der Waals surface area contributed by atoms with Crippen LogP contribution in [0.4, 0.5) is 9.18 Å². The maximum Gasteiger partial charge on any atom is 0.407 e.